The maximum absolute atomic E-state index is 11.3. The number of carbonyl (C=O) groups excluding carboxylic acids is 3. The quantitative estimate of drug-likeness (QED) is 0.199. The second kappa shape index (κ2) is 12.7. The first-order valence-electron chi connectivity index (χ1n) is 7.19. The number of carbonyl (C=O) groups is 3. The molecule has 0 rings (SSSR count). The van der Waals surface area contributed by atoms with Gasteiger partial charge in [-0.3, -0.25) is 0 Å². The van der Waals surface area contributed by atoms with Crippen LogP contribution in [0.4, 0.5) is 4.79 Å². The third kappa shape index (κ3) is 9.99. The largest absolute Gasteiger partial charge is 0.508 e. The summed E-state index contributed by atoms with van der Waals surface area (Å²) >= 11 is 0. The fourth-order valence-electron chi connectivity index (χ4n) is 1.38. The molecular weight excluding hydrogens is 316 g/mol. The Labute approximate surface area is 141 Å². The fourth-order valence-corrected chi connectivity index (χ4v) is 1.38. The van der Waals surface area contributed by atoms with E-state index in [-0.39, 0.29) is 13.2 Å². The van der Waals surface area contributed by atoms with E-state index in [1.165, 1.54) is 0 Å². The molecule has 0 fully saturated rings. The van der Waals surface area contributed by atoms with Gasteiger partial charge in [-0.1, -0.05) is 25.3 Å². The van der Waals surface area contributed by atoms with Crippen LogP contribution >= 0.6 is 0 Å². The van der Waals surface area contributed by atoms with E-state index in [4.69, 9.17) is 9.47 Å². The van der Waals surface area contributed by atoms with Crippen LogP contribution in [-0.2, 0) is 28.5 Å². The molecule has 0 heterocycles. The molecule has 0 aromatic heterocycles. The summed E-state index contributed by atoms with van der Waals surface area (Å²) in [6.07, 6.45) is 5.11. The lowest BCUT2D eigenvalue weighted by atomic mass is 10.2. The zero-order chi connectivity index (χ0) is 18.4. The highest BCUT2D eigenvalue weighted by atomic mass is 16.7. The van der Waals surface area contributed by atoms with Crippen LogP contribution in [0.15, 0.2) is 49.0 Å². The van der Waals surface area contributed by atoms with Crippen molar-refractivity contribution in [2.75, 3.05) is 13.2 Å². The molecule has 0 saturated heterocycles. The van der Waals surface area contributed by atoms with Crippen molar-refractivity contribution in [3.63, 3.8) is 0 Å². The van der Waals surface area contributed by atoms with E-state index in [9.17, 15) is 14.4 Å². The monoisotopic (exact) mass is 338 g/mol. The Morgan fingerprint density at radius 1 is 0.792 bits per heavy atom. The van der Waals surface area contributed by atoms with Crippen molar-refractivity contribution in [2.45, 2.75) is 26.7 Å². The van der Waals surface area contributed by atoms with Gasteiger partial charge in [0.1, 0.15) is 0 Å². The molecule has 0 amide bonds. The summed E-state index contributed by atoms with van der Waals surface area (Å²) in [5.74, 6) is -1.02. The summed E-state index contributed by atoms with van der Waals surface area (Å²) in [5.41, 5.74) is 0.776. The van der Waals surface area contributed by atoms with Crippen LogP contribution in [0, 0.1) is 0 Å². The molecule has 0 spiro atoms. The van der Waals surface area contributed by atoms with Crippen molar-refractivity contribution in [2.24, 2.45) is 0 Å². The van der Waals surface area contributed by atoms with Gasteiger partial charge in [-0.15, -0.1) is 0 Å². The average Bonchev–Trinajstić information content (AvgIpc) is 2.55. The highest BCUT2D eigenvalue weighted by Gasteiger charge is 2.06. The number of rotatable bonds is 10. The number of hydrogen-bond acceptors (Lipinski definition) is 7. The van der Waals surface area contributed by atoms with Gasteiger partial charge in [-0.2, -0.15) is 0 Å². The first-order chi connectivity index (χ1) is 11.4. The lowest BCUT2D eigenvalue weighted by Crippen LogP contribution is -2.09. The number of ether oxygens (including phenoxy) is 4. The Morgan fingerprint density at radius 3 is 1.50 bits per heavy atom. The third-order valence-electron chi connectivity index (χ3n) is 2.60. The Bertz CT molecular complexity index is 483. The molecule has 0 bridgehead atoms. The van der Waals surface area contributed by atoms with Crippen molar-refractivity contribution in [3.8, 4) is 0 Å². The molecule has 0 aliphatic heterocycles. The van der Waals surface area contributed by atoms with Gasteiger partial charge < -0.3 is 18.9 Å². The van der Waals surface area contributed by atoms with Crippen LogP contribution in [0.1, 0.15) is 26.7 Å². The minimum absolute atomic E-state index is 0.0675. The Morgan fingerprint density at radius 2 is 1.17 bits per heavy atom. The molecule has 7 nitrogen and oxygen atoms in total. The molecule has 0 aliphatic rings. The SMILES string of the molecule is C=COC(=O)C(C)=CCCOC(=O)OCCC=C(C)C(=O)OC=C. The predicted octanol–water partition coefficient (Wildman–Crippen LogP) is 3.19. The van der Waals surface area contributed by atoms with Crippen LogP contribution in [0.25, 0.3) is 0 Å². The minimum Gasteiger partial charge on any atom is -0.434 e. The van der Waals surface area contributed by atoms with Crippen molar-refractivity contribution in [1.29, 1.82) is 0 Å². The van der Waals surface area contributed by atoms with Gasteiger partial charge in [0.15, 0.2) is 0 Å². The molecule has 0 radical (unpaired) electrons. The lowest BCUT2D eigenvalue weighted by Gasteiger charge is -2.04. The normalized spacial score (nSPS) is 11.2. The Kier molecular flexibility index (Phi) is 11.2. The van der Waals surface area contributed by atoms with Crippen molar-refractivity contribution < 1.29 is 33.3 Å². The van der Waals surface area contributed by atoms with E-state index in [0.717, 1.165) is 12.5 Å². The first-order valence-corrected chi connectivity index (χ1v) is 7.19. The van der Waals surface area contributed by atoms with E-state index >= 15 is 0 Å². The highest BCUT2D eigenvalue weighted by molar-refractivity contribution is 5.88. The molecule has 0 atom stereocenters. The molecular formula is C17H22O7. The molecule has 132 valence electrons. The zero-order valence-electron chi connectivity index (χ0n) is 13.9. The van der Waals surface area contributed by atoms with Gasteiger partial charge in [0, 0.05) is 24.0 Å². The van der Waals surface area contributed by atoms with E-state index in [2.05, 4.69) is 22.6 Å². The zero-order valence-corrected chi connectivity index (χ0v) is 13.9. The van der Waals surface area contributed by atoms with Gasteiger partial charge >= 0.3 is 18.1 Å². The maximum atomic E-state index is 11.3. The van der Waals surface area contributed by atoms with Gasteiger partial charge in [0.05, 0.1) is 25.7 Å². The maximum Gasteiger partial charge on any atom is 0.508 e. The molecule has 0 aromatic rings. The Hall–Kier alpha value is -2.83. The van der Waals surface area contributed by atoms with E-state index in [0.29, 0.717) is 24.0 Å². The van der Waals surface area contributed by atoms with Gasteiger partial charge in [0.25, 0.3) is 0 Å². The highest BCUT2D eigenvalue weighted by Crippen LogP contribution is 2.02. The first kappa shape index (κ1) is 21.2. The van der Waals surface area contributed by atoms with Gasteiger partial charge in [-0.25, -0.2) is 14.4 Å². The smallest absolute Gasteiger partial charge is 0.434 e. The fraction of sp³-hybridized carbons (Fsp3) is 0.353. The van der Waals surface area contributed by atoms with Crippen molar-refractivity contribution in [3.05, 3.63) is 49.0 Å². The molecule has 0 N–H and O–H groups in total. The summed E-state index contributed by atoms with van der Waals surface area (Å²) in [6.45, 7) is 9.85. The topological polar surface area (TPSA) is 88.1 Å². The van der Waals surface area contributed by atoms with Crippen molar-refractivity contribution in [1.82, 2.24) is 0 Å². The number of esters is 2. The molecule has 0 aliphatic carbocycles. The van der Waals surface area contributed by atoms with Crippen LogP contribution in [0.3, 0.4) is 0 Å². The molecule has 0 unspecified atom stereocenters. The lowest BCUT2D eigenvalue weighted by molar-refractivity contribution is -0.134. The molecule has 7 heteroatoms. The van der Waals surface area contributed by atoms with E-state index in [1.54, 1.807) is 26.0 Å². The van der Waals surface area contributed by atoms with Crippen LogP contribution in [-0.4, -0.2) is 31.3 Å². The summed E-state index contributed by atoms with van der Waals surface area (Å²) in [5, 5.41) is 0. The predicted molar refractivity (Wildman–Crippen MR) is 86.6 cm³/mol. The molecule has 0 aromatic carbocycles. The van der Waals surface area contributed by atoms with Gasteiger partial charge in [0.2, 0.25) is 0 Å². The summed E-state index contributed by atoms with van der Waals surface area (Å²) in [7, 11) is 0. The molecule has 24 heavy (non-hydrogen) atoms. The third-order valence-corrected chi connectivity index (χ3v) is 2.60. The van der Waals surface area contributed by atoms with E-state index in [1.807, 2.05) is 0 Å². The Balaban J connectivity index is 3.92. The van der Waals surface area contributed by atoms with Gasteiger partial charge in [-0.05, 0) is 13.8 Å². The van der Waals surface area contributed by atoms with Crippen molar-refractivity contribution >= 4 is 18.1 Å². The second-order valence-corrected chi connectivity index (χ2v) is 4.44. The van der Waals surface area contributed by atoms with E-state index < -0.39 is 18.1 Å². The summed E-state index contributed by atoms with van der Waals surface area (Å²) in [6, 6.07) is 0. The summed E-state index contributed by atoms with van der Waals surface area (Å²) in [4.78, 5) is 33.8. The minimum atomic E-state index is -0.825. The standard InChI is InChI=1S/C17H22O7/c1-5-21-15(18)13(3)9-7-11-23-17(20)24-12-8-10-14(4)16(19)22-6-2/h5-6,9-10H,1-2,7-8,11-12H2,3-4H3. The summed E-state index contributed by atoms with van der Waals surface area (Å²) < 4.78 is 18.8. The number of hydrogen-bond donors (Lipinski definition) is 0. The van der Waals surface area contributed by atoms with Crippen LogP contribution in [0.5, 0.6) is 0 Å². The molecule has 0 saturated carbocycles. The van der Waals surface area contributed by atoms with Crippen LogP contribution in [0.2, 0.25) is 0 Å². The van der Waals surface area contributed by atoms with Crippen LogP contribution < -0.4 is 0 Å². The average molecular weight is 338 g/mol. The second-order valence-electron chi connectivity index (χ2n) is 4.44.